The van der Waals surface area contributed by atoms with E-state index in [0.717, 1.165) is 6.42 Å². The van der Waals surface area contributed by atoms with Crippen molar-refractivity contribution >= 4 is 0 Å². The first-order valence-corrected chi connectivity index (χ1v) is 6.97. The van der Waals surface area contributed by atoms with Gasteiger partial charge in [-0.05, 0) is 18.9 Å². The molecule has 0 aliphatic heterocycles. The Bertz CT molecular complexity index is 140. The van der Waals surface area contributed by atoms with Crippen molar-refractivity contribution in [2.45, 2.75) is 77.6 Å². The summed E-state index contributed by atoms with van der Waals surface area (Å²) in [6.07, 6.45) is 18.8. The van der Waals surface area contributed by atoms with E-state index >= 15 is 0 Å². The van der Waals surface area contributed by atoms with E-state index in [9.17, 15) is 0 Å². The Labute approximate surface area is 102 Å². The first-order valence-electron chi connectivity index (χ1n) is 6.97. The number of ether oxygens (including phenoxy) is 1. The van der Waals surface area contributed by atoms with Crippen molar-refractivity contribution in [3.63, 3.8) is 0 Å². The summed E-state index contributed by atoms with van der Waals surface area (Å²) in [7, 11) is 3.29. The van der Waals surface area contributed by atoms with Crippen molar-refractivity contribution in [2.24, 2.45) is 0 Å². The number of rotatable bonds is 12. The van der Waals surface area contributed by atoms with Crippen LogP contribution in [0.25, 0.3) is 0 Å². The fourth-order valence-electron chi connectivity index (χ4n) is 1.89. The molecule has 0 heterocycles. The summed E-state index contributed by atoms with van der Waals surface area (Å²) < 4.78 is 4.60. The summed E-state index contributed by atoms with van der Waals surface area (Å²) in [6.45, 7) is 2.27. The van der Waals surface area contributed by atoms with E-state index < -0.39 is 0 Å². The van der Waals surface area contributed by atoms with E-state index in [1.54, 1.807) is 6.26 Å². The third-order valence-corrected chi connectivity index (χ3v) is 2.92. The first kappa shape index (κ1) is 15.5. The molecule has 0 spiro atoms. The van der Waals surface area contributed by atoms with Gasteiger partial charge in [0.2, 0.25) is 0 Å². The maximum atomic E-state index is 4.60. The predicted octanol–water partition coefficient (Wildman–Crippen LogP) is 5.62. The highest BCUT2D eigenvalue weighted by molar-refractivity contribution is 4.72. The van der Waals surface area contributed by atoms with Gasteiger partial charge in [0, 0.05) is 0 Å². The number of hydrogen-bond donors (Lipinski definition) is 0. The van der Waals surface area contributed by atoms with Gasteiger partial charge >= 0.3 is 0 Å². The highest BCUT2D eigenvalue weighted by atomic mass is 16.5. The van der Waals surface area contributed by atoms with Crippen molar-refractivity contribution in [1.82, 2.24) is 0 Å². The van der Waals surface area contributed by atoms with Crippen LogP contribution in [0.15, 0.2) is 12.3 Å². The predicted molar refractivity (Wildman–Crippen MR) is 72.0 cm³/mol. The van der Waals surface area contributed by atoms with Gasteiger partial charge in [-0.2, -0.15) is 0 Å². The molecule has 0 amide bonds. The molecule has 0 unspecified atom stereocenters. The summed E-state index contributed by atoms with van der Waals surface area (Å²) >= 11 is 0. The maximum Gasteiger partial charge on any atom is 0.121 e. The summed E-state index contributed by atoms with van der Waals surface area (Å²) in [5.41, 5.74) is 0. The van der Waals surface area contributed by atoms with Crippen LogP contribution in [0.3, 0.4) is 0 Å². The van der Waals surface area contributed by atoms with Gasteiger partial charge in [0.05, 0.1) is 6.26 Å². The van der Waals surface area contributed by atoms with E-state index in [0.29, 0.717) is 0 Å². The minimum Gasteiger partial charge on any atom is -0.498 e. The number of hydrogen-bond acceptors (Lipinski definition) is 1. The van der Waals surface area contributed by atoms with Gasteiger partial charge in [-0.3, -0.25) is 0 Å². The smallest absolute Gasteiger partial charge is 0.121 e. The molecule has 0 aromatic heterocycles. The van der Waals surface area contributed by atoms with Gasteiger partial charge in [-0.15, -0.1) is 0 Å². The molecule has 0 bridgehead atoms. The monoisotopic (exact) mass is 225 g/mol. The van der Waals surface area contributed by atoms with Crippen LogP contribution in [-0.4, -0.2) is 0 Å². The quantitative estimate of drug-likeness (QED) is 0.309. The van der Waals surface area contributed by atoms with E-state index in [1.807, 2.05) is 0 Å². The molecule has 0 aliphatic carbocycles. The Kier molecular flexibility index (Phi) is 14.1. The van der Waals surface area contributed by atoms with Crippen LogP contribution in [0.4, 0.5) is 0 Å². The topological polar surface area (TPSA) is 9.23 Å². The van der Waals surface area contributed by atoms with Gasteiger partial charge in [-0.25, -0.2) is 0 Å². The second-order valence-electron chi connectivity index (χ2n) is 4.51. The van der Waals surface area contributed by atoms with Crippen molar-refractivity contribution in [2.75, 3.05) is 0 Å². The van der Waals surface area contributed by atoms with E-state index in [2.05, 4.69) is 24.8 Å². The number of allylic oxidation sites excluding steroid dienone is 1. The SMILES string of the molecule is [CH2]O/C=C/CCCCCCCCCCCC. The average molecular weight is 225 g/mol. The average Bonchev–Trinajstić information content (AvgIpc) is 2.31. The normalized spacial score (nSPS) is 11.1. The van der Waals surface area contributed by atoms with Gasteiger partial charge in [0.25, 0.3) is 0 Å². The van der Waals surface area contributed by atoms with Crippen LogP contribution in [-0.2, 0) is 4.74 Å². The Balaban J connectivity index is 2.90. The molecule has 1 radical (unpaired) electrons. The third kappa shape index (κ3) is 13.5. The largest absolute Gasteiger partial charge is 0.498 e. The molecule has 0 N–H and O–H groups in total. The van der Waals surface area contributed by atoms with Crippen LogP contribution in [0.5, 0.6) is 0 Å². The molecule has 1 nitrogen and oxygen atoms in total. The van der Waals surface area contributed by atoms with Crippen molar-refractivity contribution in [3.8, 4) is 0 Å². The van der Waals surface area contributed by atoms with Crippen LogP contribution in [0.2, 0.25) is 0 Å². The molecule has 0 saturated carbocycles. The Hall–Kier alpha value is -0.460. The second-order valence-corrected chi connectivity index (χ2v) is 4.51. The lowest BCUT2D eigenvalue weighted by molar-refractivity contribution is 0.391. The molecule has 1 heteroatoms. The fraction of sp³-hybridized carbons (Fsp3) is 0.800. The highest BCUT2D eigenvalue weighted by Gasteiger charge is 1.91. The highest BCUT2D eigenvalue weighted by Crippen LogP contribution is 2.11. The molecule has 0 rings (SSSR count). The molecule has 0 fully saturated rings. The van der Waals surface area contributed by atoms with Crippen molar-refractivity contribution in [1.29, 1.82) is 0 Å². The lowest BCUT2D eigenvalue weighted by Gasteiger charge is -2.01. The summed E-state index contributed by atoms with van der Waals surface area (Å²) in [4.78, 5) is 0. The number of unbranched alkanes of at least 4 members (excludes halogenated alkanes) is 10. The second kappa shape index (κ2) is 14.5. The van der Waals surface area contributed by atoms with Crippen LogP contribution >= 0.6 is 0 Å². The molecule has 0 atom stereocenters. The molecule has 0 aliphatic rings. The maximum absolute atomic E-state index is 4.60. The lowest BCUT2D eigenvalue weighted by atomic mass is 10.1. The lowest BCUT2D eigenvalue weighted by Crippen LogP contribution is -1.81. The van der Waals surface area contributed by atoms with Crippen molar-refractivity contribution < 1.29 is 4.74 Å². The zero-order valence-corrected chi connectivity index (χ0v) is 11.0. The third-order valence-electron chi connectivity index (χ3n) is 2.92. The summed E-state index contributed by atoms with van der Waals surface area (Å²) in [5, 5.41) is 0. The van der Waals surface area contributed by atoms with Crippen molar-refractivity contribution in [3.05, 3.63) is 19.4 Å². The summed E-state index contributed by atoms with van der Waals surface area (Å²) in [6, 6.07) is 0. The minimum absolute atomic E-state index is 1.13. The molecule has 0 aromatic rings. The molecule has 0 aromatic carbocycles. The Morgan fingerprint density at radius 3 is 1.81 bits per heavy atom. The van der Waals surface area contributed by atoms with Crippen LogP contribution < -0.4 is 0 Å². The molecule has 95 valence electrons. The van der Waals surface area contributed by atoms with Gasteiger partial charge < -0.3 is 4.74 Å². The molecular formula is C15H29O. The first-order chi connectivity index (χ1) is 7.91. The Morgan fingerprint density at radius 1 is 0.812 bits per heavy atom. The standard InChI is InChI=1S/C15H29O/c1-3-4-5-6-7-8-9-10-11-12-13-14-15-16-2/h14-15H,2-13H2,1H3/b15-14+. The zero-order chi connectivity index (χ0) is 11.9. The fourth-order valence-corrected chi connectivity index (χ4v) is 1.89. The van der Waals surface area contributed by atoms with Crippen LogP contribution in [0.1, 0.15) is 77.6 Å². The molecular weight excluding hydrogens is 196 g/mol. The Morgan fingerprint density at radius 2 is 1.31 bits per heavy atom. The zero-order valence-electron chi connectivity index (χ0n) is 11.0. The minimum atomic E-state index is 1.13. The summed E-state index contributed by atoms with van der Waals surface area (Å²) in [5.74, 6) is 0. The van der Waals surface area contributed by atoms with Gasteiger partial charge in [0.15, 0.2) is 0 Å². The molecule has 0 saturated heterocycles. The van der Waals surface area contributed by atoms with Gasteiger partial charge in [0.1, 0.15) is 7.11 Å². The van der Waals surface area contributed by atoms with E-state index in [1.165, 1.54) is 64.2 Å². The van der Waals surface area contributed by atoms with E-state index in [-0.39, 0.29) is 0 Å². The van der Waals surface area contributed by atoms with Crippen LogP contribution in [0, 0.1) is 7.11 Å². The van der Waals surface area contributed by atoms with Gasteiger partial charge in [-0.1, -0.05) is 64.7 Å². The van der Waals surface area contributed by atoms with E-state index in [4.69, 9.17) is 0 Å². The molecule has 16 heavy (non-hydrogen) atoms.